The van der Waals surface area contributed by atoms with Crippen LogP contribution >= 0.6 is 0 Å². The van der Waals surface area contributed by atoms with Gasteiger partial charge in [0, 0.05) is 11.1 Å². The zero-order valence-corrected chi connectivity index (χ0v) is 12.2. The van der Waals surface area contributed by atoms with Crippen molar-refractivity contribution in [1.82, 2.24) is 9.97 Å². The number of halogens is 4. The fourth-order valence-corrected chi connectivity index (χ4v) is 2.29. The minimum Gasteiger partial charge on any atom is -0.382 e. The summed E-state index contributed by atoms with van der Waals surface area (Å²) in [5, 5.41) is 0. The number of nitrogens with zero attached hydrogens (tertiary/aromatic N) is 2. The van der Waals surface area contributed by atoms with Crippen LogP contribution in [-0.4, -0.2) is 9.97 Å². The van der Waals surface area contributed by atoms with E-state index in [1.807, 2.05) is 0 Å². The second kappa shape index (κ2) is 5.92. The molecule has 0 atom stereocenters. The minimum atomic E-state index is -4.49. The molecule has 1 heterocycles. The van der Waals surface area contributed by atoms with Crippen LogP contribution in [0.15, 0.2) is 54.9 Å². The Morgan fingerprint density at radius 3 is 2.25 bits per heavy atom. The molecule has 0 fully saturated rings. The van der Waals surface area contributed by atoms with Crippen LogP contribution in [0.4, 0.5) is 23.4 Å². The van der Waals surface area contributed by atoms with Crippen LogP contribution in [0.25, 0.3) is 22.4 Å². The lowest BCUT2D eigenvalue weighted by molar-refractivity contribution is -0.137. The molecule has 0 amide bonds. The van der Waals surface area contributed by atoms with E-state index in [0.29, 0.717) is 0 Å². The Morgan fingerprint density at radius 1 is 0.875 bits per heavy atom. The Balaban J connectivity index is 2.10. The number of rotatable bonds is 2. The van der Waals surface area contributed by atoms with Crippen molar-refractivity contribution >= 4 is 5.82 Å². The summed E-state index contributed by atoms with van der Waals surface area (Å²) in [5.41, 5.74) is 5.18. The second-order valence-electron chi connectivity index (χ2n) is 5.07. The molecule has 3 rings (SSSR count). The molecule has 2 N–H and O–H groups in total. The number of aromatic nitrogens is 2. The third-order valence-electron chi connectivity index (χ3n) is 3.45. The molecule has 3 aromatic rings. The molecule has 1 aromatic heterocycles. The Bertz CT molecular complexity index is 874. The number of hydrogen-bond donors (Lipinski definition) is 1. The first-order valence-corrected chi connectivity index (χ1v) is 6.90. The molecule has 0 aliphatic rings. The predicted molar refractivity (Wildman–Crippen MR) is 82.3 cm³/mol. The number of nitrogen functional groups attached to an aromatic ring is 1. The van der Waals surface area contributed by atoms with Gasteiger partial charge in [0.1, 0.15) is 11.6 Å². The number of anilines is 1. The van der Waals surface area contributed by atoms with Crippen molar-refractivity contribution < 1.29 is 17.6 Å². The van der Waals surface area contributed by atoms with E-state index in [9.17, 15) is 17.6 Å². The molecule has 3 nitrogen and oxygen atoms in total. The van der Waals surface area contributed by atoms with Gasteiger partial charge in [0.05, 0.1) is 23.7 Å². The monoisotopic (exact) mass is 333 g/mol. The van der Waals surface area contributed by atoms with Crippen LogP contribution in [0.2, 0.25) is 0 Å². The van der Waals surface area contributed by atoms with Crippen molar-refractivity contribution in [3.05, 3.63) is 66.2 Å². The molecule has 0 saturated carbocycles. The number of hydrogen-bond acceptors (Lipinski definition) is 3. The SMILES string of the molecule is Nc1cnc(-c2cccc(-c3cccc(C(F)(F)F)c3)c2F)cn1. The normalized spacial score (nSPS) is 11.5. The average molecular weight is 333 g/mol. The summed E-state index contributed by atoms with van der Waals surface area (Å²) < 4.78 is 53.3. The molecule has 0 radical (unpaired) electrons. The van der Waals surface area contributed by atoms with Crippen molar-refractivity contribution in [3.8, 4) is 22.4 Å². The maximum atomic E-state index is 14.8. The molecule has 0 saturated heterocycles. The van der Waals surface area contributed by atoms with Crippen molar-refractivity contribution in [3.63, 3.8) is 0 Å². The number of nitrogens with two attached hydrogens (primary N) is 1. The average Bonchev–Trinajstić information content (AvgIpc) is 2.55. The van der Waals surface area contributed by atoms with Gasteiger partial charge < -0.3 is 5.73 Å². The number of benzene rings is 2. The lowest BCUT2D eigenvalue weighted by Gasteiger charge is -2.11. The van der Waals surface area contributed by atoms with Gasteiger partial charge in [-0.05, 0) is 23.8 Å². The van der Waals surface area contributed by atoms with Crippen LogP contribution in [0, 0.1) is 5.82 Å². The molecule has 24 heavy (non-hydrogen) atoms. The van der Waals surface area contributed by atoms with E-state index < -0.39 is 17.6 Å². The Hall–Kier alpha value is -2.96. The highest BCUT2D eigenvalue weighted by Gasteiger charge is 2.30. The predicted octanol–water partition coefficient (Wildman–Crippen LogP) is 4.55. The largest absolute Gasteiger partial charge is 0.416 e. The van der Waals surface area contributed by atoms with E-state index in [4.69, 9.17) is 5.73 Å². The topological polar surface area (TPSA) is 51.8 Å². The highest BCUT2D eigenvalue weighted by Crippen LogP contribution is 2.34. The molecule has 2 aromatic carbocycles. The van der Waals surface area contributed by atoms with Crippen LogP contribution in [0.5, 0.6) is 0 Å². The lowest BCUT2D eigenvalue weighted by Crippen LogP contribution is -2.04. The Kier molecular flexibility index (Phi) is 3.92. The first-order chi connectivity index (χ1) is 11.4. The molecular weight excluding hydrogens is 322 g/mol. The van der Waals surface area contributed by atoms with Gasteiger partial charge >= 0.3 is 6.18 Å². The van der Waals surface area contributed by atoms with Crippen molar-refractivity contribution in [2.75, 3.05) is 5.73 Å². The zero-order chi connectivity index (χ0) is 17.3. The Morgan fingerprint density at radius 2 is 1.58 bits per heavy atom. The summed E-state index contributed by atoms with van der Waals surface area (Å²) in [6, 6.07) is 8.96. The highest BCUT2D eigenvalue weighted by atomic mass is 19.4. The molecule has 0 aliphatic carbocycles. The molecule has 7 heteroatoms. The fraction of sp³-hybridized carbons (Fsp3) is 0.0588. The maximum Gasteiger partial charge on any atom is 0.416 e. The van der Waals surface area contributed by atoms with Crippen LogP contribution in [0.1, 0.15) is 5.56 Å². The van der Waals surface area contributed by atoms with Gasteiger partial charge in [-0.3, -0.25) is 4.98 Å². The molecule has 122 valence electrons. The summed E-state index contributed by atoms with van der Waals surface area (Å²) in [5.74, 6) is -0.482. The van der Waals surface area contributed by atoms with Gasteiger partial charge in [-0.25, -0.2) is 9.37 Å². The second-order valence-corrected chi connectivity index (χ2v) is 5.07. The van der Waals surface area contributed by atoms with Gasteiger partial charge in [-0.2, -0.15) is 13.2 Å². The van der Waals surface area contributed by atoms with E-state index in [0.717, 1.165) is 12.1 Å². The third kappa shape index (κ3) is 3.05. The first kappa shape index (κ1) is 15.9. The van der Waals surface area contributed by atoms with E-state index >= 15 is 0 Å². The third-order valence-corrected chi connectivity index (χ3v) is 3.45. The van der Waals surface area contributed by atoms with Gasteiger partial charge in [0.2, 0.25) is 0 Å². The molecule has 0 bridgehead atoms. The summed E-state index contributed by atoms with van der Waals surface area (Å²) in [7, 11) is 0. The van der Waals surface area contributed by atoms with E-state index in [1.54, 1.807) is 6.07 Å². The summed E-state index contributed by atoms with van der Waals surface area (Å²) in [6.07, 6.45) is -1.90. The summed E-state index contributed by atoms with van der Waals surface area (Å²) in [4.78, 5) is 7.84. The van der Waals surface area contributed by atoms with E-state index in [-0.39, 0.29) is 28.2 Å². The van der Waals surface area contributed by atoms with Crippen molar-refractivity contribution in [2.24, 2.45) is 0 Å². The smallest absolute Gasteiger partial charge is 0.382 e. The molecule has 0 spiro atoms. The van der Waals surface area contributed by atoms with E-state index in [2.05, 4.69) is 9.97 Å². The quantitative estimate of drug-likeness (QED) is 0.700. The standard InChI is InChI=1S/C17H11F4N3/c18-16-12(10-3-1-4-11(7-10)17(19,20)21)5-2-6-13(16)14-8-24-15(22)9-23-14/h1-9H,(H2,22,24). The van der Waals surface area contributed by atoms with Gasteiger partial charge in [-0.1, -0.05) is 24.3 Å². The maximum absolute atomic E-state index is 14.8. The molecule has 0 aliphatic heterocycles. The van der Waals surface area contributed by atoms with Crippen LogP contribution in [0.3, 0.4) is 0 Å². The van der Waals surface area contributed by atoms with Gasteiger partial charge in [0.15, 0.2) is 0 Å². The fourth-order valence-electron chi connectivity index (χ4n) is 2.29. The van der Waals surface area contributed by atoms with E-state index in [1.165, 1.54) is 36.7 Å². The lowest BCUT2D eigenvalue weighted by atomic mass is 9.99. The first-order valence-electron chi connectivity index (χ1n) is 6.90. The Labute approximate surface area is 134 Å². The zero-order valence-electron chi connectivity index (χ0n) is 12.2. The molecular formula is C17H11F4N3. The van der Waals surface area contributed by atoms with Gasteiger partial charge in [0.25, 0.3) is 0 Å². The summed E-state index contributed by atoms with van der Waals surface area (Å²) >= 11 is 0. The number of alkyl halides is 3. The summed E-state index contributed by atoms with van der Waals surface area (Å²) in [6.45, 7) is 0. The van der Waals surface area contributed by atoms with Crippen LogP contribution in [-0.2, 0) is 6.18 Å². The van der Waals surface area contributed by atoms with Crippen LogP contribution < -0.4 is 5.73 Å². The van der Waals surface area contributed by atoms with Crippen molar-refractivity contribution in [1.29, 1.82) is 0 Å². The molecule has 0 unspecified atom stereocenters. The van der Waals surface area contributed by atoms with Gasteiger partial charge in [-0.15, -0.1) is 0 Å². The highest BCUT2D eigenvalue weighted by molar-refractivity contribution is 5.73. The minimum absolute atomic E-state index is 0.0530. The van der Waals surface area contributed by atoms with Crippen molar-refractivity contribution in [2.45, 2.75) is 6.18 Å².